The molecule has 2 N–H and O–H groups in total. The van der Waals surface area contributed by atoms with Crippen molar-refractivity contribution in [2.75, 3.05) is 0 Å². The molecule has 0 saturated heterocycles. The van der Waals surface area contributed by atoms with Crippen LogP contribution in [-0.4, -0.2) is 5.91 Å². The van der Waals surface area contributed by atoms with Gasteiger partial charge in [0.1, 0.15) is 5.82 Å². The van der Waals surface area contributed by atoms with Crippen molar-refractivity contribution in [3.63, 3.8) is 0 Å². The highest BCUT2D eigenvalue weighted by atomic mass is 19.1. The molecule has 2 rings (SSSR count). The first kappa shape index (κ1) is 10.4. The van der Waals surface area contributed by atoms with E-state index in [1.165, 1.54) is 18.2 Å². The average molecular weight is 214 g/mol. The fourth-order valence-corrected chi connectivity index (χ4v) is 1.52. The van der Waals surface area contributed by atoms with Crippen LogP contribution in [0.4, 0.5) is 4.39 Å². The van der Waals surface area contributed by atoms with Crippen LogP contribution < -0.4 is 5.73 Å². The van der Waals surface area contributed by atoms with Gasteiger partial charge in [0.2, 0.25) is 5.91 Å². The van der Waals surface area contributed by atoms with Gasteiger partial charge in [-0.15, -0.1) is 0 Å². The number of halogens is 1. The van der Waals surface area contributed by atoms with Crippen molar-refractivity contribution in [1.82, 2.24) is 0 Å². The molecule has 2 nitrogen and oxygen atoms in total. The molecule has 0 unspecified atom stereocenters. The van der Waals surface area contributed by atoms with Gasteiger partial charge in [-0.2, -0.15) is 0 Å². The predicted molar refractivity (Wildman–Crippen MR) is 59.2 cm³/mol. The van der Waals surface area contributed by atoms with Crippen LogP contribution >= 0.6 is 0 Å². The van der Waals surface area contributed by atoms with Crippen LogP contribution in [0, 0.1) is 11.9 Å². The second-order valence-electron chi connectivity index (χ2n) is 3.34. The first-order valence-corrected chi connectivity index (χ1v) is 4.74. The molecule has 0 aliphatic carbocycles. The summed E-state index contributed by atoms with van der Waals surface area (Å²) in [6, 6.07) is 13.6. The van der Waals surface area contributed by atoms with Crippen LogP contribution in [0.5, 0.6) is 0 Å². The molecule has 16 heavy (non-hydrogen) atoms. The van der Waals surface area contributed by atoms with Gasteiger partial charge in [-0.25, -0.2) is 4.39 Å². The lowest BCUT2D eigenvalue weighted by Crippen LogP contribution is -2.12. The number of hydrogen-bond donors (Lipinski definition) is 1. The van der Waals surface area contributed by atoms with Crippen molar-refractivity contribution < 1.29 is 9.18 Å². The molecule has 1 radical (unpaired) electrons. The maximum Gasteiger partial charge on any atom is 0.249 e. The van der Waals surface area contributed by atoms with Crippen LogP contribution in [0.3, 0.4) is 0 Å². The van der Waals surface area contributed by atoms with Gasteiger partial charge in [0.15, 0.2) is 0 Å². The van der Waals surface area contributed by atoms with Crippen LogP contribution in [-0.2, 0) is 0 Å². The van der Waals surface area contributed by atoms with E-state index in [1.807, 2.05) is 0 Å². The Hall–Kier alpha value is -2.16. The highest BCUT2D eigenvalue weighted by Crippen LogP contribution is 2.23. The van der Waals surface area contributed by atoms with E-state index in [4.69, 9.17) is 5.73 Å². The van der Waals surface area contributed by atoms with E-state index >= 15 is 0 Å². The van der Waals surface area contributed by atoms with Gasteiger partial charge < -0.3 is 5.73 Å². The Morgan fingerprint density at radius 3 is 2.50 bits per heavy atom. The quantitative estimate of drug-likeness (QED) is 0.819. The fourth-order valence-electron chi connectivity index (χ4n) is 1.52. The Kier molecular flexibility index (Phi) is 2.68. The molecule has 0 fully saturated rings. The second kappa shape index (κ2) is 4.14. The topological polar surface area (TPSA) is 43.1 Å². The number of rotatable bonds is 2. The van der Waals surface area contributed by atoms with E-state index in [0.29, 0.717) is 11.1 Å². The zero-order valence-corrected chi connectivity index (χ0v) is 8.41. The van der Waals surface area contributed by atoms with E-state index in [2.05, 4.69) is 6.07 Å². The molecular weight excluding hydrogens is 205 g/mol. The molecule has 79 valence electrons. The molecule has 0 saturated carbocycles. The summed E-state index contributed by atoms with van der Waals surface area (Å²) >= 11 is 0. The lowest BCUT2D eigenvalue weighted by Gasteiger charge is -2.05. The van der Waals surface area contributed by atoms with Crippen molar-refractivity contribution >= 4 is 5.91 Å². The summed E-state index contributed by atoms with van der Waals surface area (Å²) < 4.78 is 12.8. The molecule has 0 heterocycles. The molecule has 0 spiro atoms. The van der Waals surface area contributed by atoms with Crippen molar-refractivity contribution in [3.8, 4) is 11.1 Å². The summed E-state index contributed by atoms with van der Waals surface area (Å²) in [7, 11) is 0. The molecule has 2 aromatic carbocycles. The summed E-state index contributed by atoms with van der Waals surface area (Å²) in [5, 5.41) is 0. The Balaban J connectivity index is 2.55. The molecule has 3 heteroatoms. The number of hydrogen-bond acceptors (Lipinski definition) is 1. The first-order valence-electron chi connectivity index (χ1n) is 4.74. The number of benzene rings is 2. The molecule has 0 aliphatic rings. The Labute approximate surface area is 92.5 Å². The Bertz CT molecular complexity index is 520. The van der Waals surface area contributed by atoms with Crippen LogP contribution in [0.15, 0.2) is 42.5 Å². The summed E-state index contributed by atoms with van der Waals surface area (Å²) in [6.07, 6.45) is 0. The molecule has 0 bridgehead atoms. The molecule has 1 amide bonds. The maximum absolute atomic E-state index is 12.8. The third kappa shape index (κ3) is 1.93. The van der Waals surface area contributed by atoms with Gasteiger partial charge in [0.05, 0.1) is 0 Å². The average Bonchev–Trinajstić information content (AvgIpc) is 2.30. The lowest BCUT2D eigenvalue weighted by molar-refractivity contribution is 0.100. The minimum atomic E-state index is -0.517. The number of amides is 1. The normalized spacial score (nSPS) is 10.1. The fraction of sp³-hybridized carbons (Fsp3) is 0. The van der Waals surface area contributed by atoms with Gasteiger partial charge in [0.25, 0.3) is 0 Å². The second-order valence-corrected chi connectivity index (χ2v) is 3.34. The van der Waals surface area contributed by atoms with E-state index in [0.717, 1.165) is 5.56 Å². The van der Waals surface area contributed by atoms with E-state index in [9.17, 15) is 9.18 Å². The number of carbonyl (C=O) groups excluding carboxylic acids is 1. The van der Waals surface area contributed by atoms with Gasteiger partial charge >= 0.3 is 0 Å². The molecule has 0 aliphatic heterocycles. The molecule has 2 aromatic rings. The minimum Gasteiger partial charge on any atom is -0.366 e. The summed E-state index contributed by atoms with van der Waals surface area (Å²) in [4.78, 5) is 11.2. The third-order valence-electron chi connectivity index (χ3n) is 2.28. The standard InChI is InChI=1S/C13H9FNO/c14-10-7-5-9(6-8-10)11-3-1-2-4-12(11)13(15)16/h1,3-8H,(H2,15,16). The zero-order valence-electron chi connectivity index (χ0n) is 8.41. The van der Waals surface area contributed by atoms with E-state index in [1.54, 1.807) is 24.3 Å². The highest BCUT2D eigenvalue weighted by molar-refractivity contribution is 5.99. The van der Waals surface area contributed by atoms with Crippen molar-refractivity contribution in [2.24, 2.45) is 5.73 Å². The zero-order chi connectivity index (χ0) is 11.5. The van der Waals surface area contributed by atoms with Gasteiger partial charge in [0, 0.05) is 5.56 Å². The monoisotopic (exact) mass is 214 g/mol. The summed E-state index contributed by atoms with van der Waals surface area (Å²) in [6.45, 7) is 0. The first-order chi connectivity index (χ1) is 7.68. The molecule has 0 atom stereocenters. The number of nitrogens with two attached hydrogens (primary N) is 1. The smallest absolute Gasteiger partial charge is 0.249 e. The summed E-state index contributed by atoms with van der Waals surface area (Å²) in [5.41, 5.74) is 7.07. The van der Waals surface area contributed by atoms with Crippen molar-refractivity contribution in [3.05, 3.63) is 59.9 Å². The largest absolute Gasteiger partial charge is 0.366 e. The van der Waals surface area contributed by atoms with Crippen LogP contribution in [0.1, 0.15) is 10.4 Å². The van der Waals surface area contributed by atoms with Crippen molar-refractivity contribution in [1.29, 1.82) is 0 Å². The van der Waals surface area contributed by atoms with Gasteiger partial charge in [-0.3, -0.25) is 4.79 Å². The number of carbonyl (C=O) groups is 1. The van der Waals surface area contributed by atoms with Crippen molar-refractivity contribution in [2.45, 2.75) is 0 Å². The maximum atomic E-state index is 12.8. The number of primary amides is 1. The molecular formula is C13H9FNO. The van der Waals surface area contributed by atoms with Crippen LogP contribution in [0.2, 0.25) is 0 Å². The summed E-state index contributed by atoms with van der Waals surface area (Å²) in [5.74, 6) is -0.831. The minimum absolute atomic E-state index is 0.313. The Morgan fingerprint density at radius 1 is 1.19 bits per heavy atom. The van der Waals surface area contributed by atoms with Gasteiger partial charge in [-0.05, 0) is 35.4 Å². The third-order valence-corrected chi connectivity index (χ3v) is 2.28. The van der Waals surface area contributed by atoms with E-state index < -0.39 is 5.91 Å². The Morgan fingerprint density at radius 2 is 1.88 bits per heavy atom. The van der Waals surface area contributed by atoms with Crippen LogP contribution in [0.25, 0.3) is 11.1 Å². The lowest BCUT2D eigenvalue weighted by atomic mass is 9.99. The molecule has 0 aromatic heterocycles. The predicted octanol–water partition coefficient (Wildman–Crippen LogP) is 2.39. The highest BCUT2D eigenvalue weighted by Gasteiger charge is 2.08. The van der Waals surface area contributed by atoms with E-state index in [-0.39, 0.29) is 5.82 Å². The SMILES string of the molecule is NC(=O)c1c[c]ccc1-c1ccc(F)cc1. The van der Waals surface area contributed by atoms with Gasteiger partial charge in [-0.1, -0.05) is 24.3 Å².